The van der Waals surface area contributed by atoms with Crippen molar-refractivity contribution in [2.75, 3.05) is 0 Å². The van der Waals surface area contributed by atoms with Gasteiger partial charge in [0, 0.05) is 6.54 Å². The molecule has 94 valence electrons. The number of likely N-dealkylation sites (tertiary alicyclic amines) is 1. The van der Waals surface area contributed by atoms with Crippen molar-refractivity contribution in [1.82, 2.24) is 4.90 Å². The van der Waals surface area contributed by atoms with E-state index in [0.29, 0.717) is 13.1 Å². The Morgan fingerprint density at radius 1 is 1.28 bits per heavy atom. The third-order valence-electron chi connectivity index (χ3n) is 3.93. The van der Waals surface area contributed by atoms with Gasteiger partial charge in [-0.25, -0.2) is 0 Å². The fourth-order valence-electron chi connectivity index (χ4n) is 2.64. The van der Waals surface area contributed by atoms with Crippen molar-refractivity contribution in [3.8, 4) is 0 Å². The summed E-state index contributed by atoms with van der Waals surface area (Å²) in [5, 5.41) is 0. The molecule has 4 nitrogen and oxygen atoms in total. The molecule has 3 rings (SSSR count). The molecule has 2 atom stereocenters. The molecule has 2 aliphatic rings. The third kappa shape index (κ3) is 1.64. The molecule has 2 unspecified atom stereocenters. The minimum Gasteiger partial charge on any atom is -0.326 e. The molecule has 1 aromatic rings. The van der Waals surface area contributed by atoms with Crippen LogP contribution in [-0.2, 0) is 22.7 Å². The maximum absolute atomic E-state index is 11.9. The summed E-state index contributed by atoms with van der Waals surface area (Å²) in [6.45, 7) is 2.90. The van der Waals surface area contributed by atoms with E-state index in [9.17, 15) is 9.59 Å². The molecular formula is C14H16N2O2. The number of piperidine rings is 1. The van der Waals surface area contributed by atoms with E-state index in [1.165, 1.54) is 4.90 Å². The Kier molecular flexibility index (Phi) is 2.48. The fraction of sp³-hybridized carbons (Fsp3) is 0.429. The molecule has 0 aromatic heterocycles. The molecule has 0 bridgehead atoms. The highest BCUT2D eigenvalue weighted by Gasteiger charge is 2.58. The van der Waals surface area contributed by atoms with Crippen LogP contribution < -0.4 is 5.73 Å². The first-order chi connectivity index (χ1) is 8.61. The smallest absolute Gasteiger partial charge is 0.233 e. The Morgan fingerprint density at radius 3 is 2.50 bits per heavy atom. The molecular weight excluding hydrogens is 228 g/mol. The number of aryl methyl sites for hydroxylation is 1. The van der Waals surface area contributed by atoms with Crippen LogP contribution in [0.1, 0.15) is 23.1 Å². The van der Waals surface area contributed by atoms with Crippen LogP contribution in [0.25, 0.3) is 0 Å². The number of hydrogen-bond donors (Lipinski definition) is 1. The second-order valence-electron chi connectivity index (χ2n) is 5.18. The van der Waals surface area contributed by atoms with Crippen LogP contribution in [0.2, 0.25) is 0 Å². The van der Waals surface area contributed by atoms with E-state index >= 15 is 0 Å². The van der Waals surface area contributed by atoms with E-state index in [0.717, 1.165) is 23.1 Å². The van der Waals surface area contributed by atoms with Gasteiger partial charge in [-0.2, -0.15) is 0 Å². The molecule has 18 heavy (non-hydrogen) atoms. The molecule has 2 fully saturated rings. The quantitative estimate of drug-likeness (QED) is 0.805. The van der Waals surface area contributed by atoms with Crippen molar-refractivity contribution in [2.45, 2.75) is 26.4 Å². The van der Waals surface area contributed by atoms with Crippen LogP contribution in [0.5, 0.6) is 0 Å². The Morgan fingerprint density at radius 2 is 1.94 bits per heavy atom. The topological polar surface area (TPSA) is 63.4 Å². The van der Waals surface area contributed by atoms with Crippen molar-refractivity contribution in [2.24, 2.45) is 17.6 Å². The monoisotopic (exact) mass is 244 g/mol. The van der Waals surface area contributed by atoms with Crippen molar-refractivity contribution in [3.05, 3.63) is 34.9 Å². The zero-order valence-electron chi connectivity index (χ0n) is 10.3. The fourth-order valence-corrected chi connectivity index (χ4v) is 2.64. The van der Waals surface area contributed by atoms with E-state index in [1.54, 1.807) is 0 Å². The van der Waals surface area contributed by atoms with Gasteiger partial charge in [0.05, 0.1) is 18.4 Å². The highest BCUT2D eigenvalue weighted by Crippen LogP contribution is 2.47. The summed E-state index contributed by atoms with van der Waals surface area (Å²) in [7, 11) is 0. The first-order valence-corrected chi connectivity index (χ1v) is 6.25. The van der Waals surface area contributed by atoms with Gasteiger partial charge in [-0.15, -0.1) is 0 Å². The number of rotatable bonds is 3. The van der Waals surface area contributed by atoms with Gasteiger partial charge in [0.15, 0.2) is 0 Å². The summed E-state index contributed by atoms with van der Waals surface area (Å²) in [5.74, 6) is -0.0122. The molecule has 0 radical (unpaired) electrons. The van der Waals surface area contributed by atoms with Crippen molar-refractivity contribution in [1.29, 1.82) is 0 Å². The first kappa shape index (κ1) is 11.4. The Labute approximate surface area is 106 Å². The van der Waals surface area contributed by atoms with Crippen LogP contribution >= 0.6 is 0 Å². The van der Waals surface area contributed by atoms with Crippen molar-refractivity contribution in [3.63, 3.8) is 0 Å². The zero-order chi connectivity index (χ0) is 12.9. The maximum Gasteiger partial charge on any atom is 0.233 e. The average molecular weight is 244 g/mol. The molecule has 0 spiro atoms. The minimum absolute atomic E-state index is 0.00676. The molecule has 1 saturated heterocycles. The van der Waals surface area contributed by atoms with Crippen LogP contribution in [0.15, 0.2) is 18.2 Å². The number of nitrogens with two attached hydrogens (primary N) is 1. The molecule has 1 aliphatic carbocycles. The van der Waals surface area contributed by atoms with E-state index in [4.69, 9.17) is 5.73 Å². The molecule has 1 aromatic carbocycles. The average Bonchev–Trinajstić information content (AvgIpc) is 3.11. The predicted molar refractivity (Wildman–Crippen MR) is 66.2 cm³/mol. The highest BCUT2D eigenvalue weighted by molar-refractivity contribution is 6.08. The zero-order valence-corrected chi connectivity index (χ0v) is 10.3. The number of carbonyl (C=O) groups is 2. The molecule has 2 amide bonds. The Bertz CT molecular complexity index is 519. The van der Waals surface area contributed by atoms with Gasteiger partial charge >= 0.3 is 0 Å². The Balaban J connectivity index is 1.81. The number of carbonyl (C=O) groups excluding carboxylic acids is 2. The van der Waals surface area contributed by atoms with Crippen molar-refractivity contribution >= 4 is 11.8 Å². The summed E-state index contributed by atoms with van der Waals surface area (Å²) in [6.07, 6.45) is 0.763. The largest absolute Gasteiger partial charge is 0.326 e. The van der Waals surface area contributed by atoms with Crippen LogP contribution in [-0.4, -0.2) is 16.7 Å². The lowest BCUT2D eigenvalue weighted by Crippen LogP contribution is -2.32. The van der Waals surface area contributed by atoms with Gasteiger partial charge in [0.1, 0.15) is 0 Å². The Hall–Kier alpha value is -1.68. The maximum atomic E-state index is 11.9. The SMILES string of the molecule is Cc1cc(CN)ccc1CN1C(=O)C2CC2C1=O. The van der Waals surface area contributed by atoms with Crippen LogP contribution in [0, 0.1) is 18.8 Å². The van der Waals surface area contributed by atoms with Crippen molar-refractivity contribution < 1.29 is 9.59 Å². The normalized spacial score (nSPS) is 25.6. The minimum atomic E-state index is -0.0129. The number of nitrogens with zero attached hydrogens (tertiary/aromatic N) is 1. The number of hydrogen-bond acceptors (Lipinski definition) is 3. The lowest BCUT2D eigenvalue weighted by atomic mass is 10.0. The lowest BCUT2D eigenvalue weighted by Gasteiger charge is -2.18. The summed E-state index contributed by atoms with van der Waals surface area (Å²) >= 11 is 0. The van der Waals surface area contributed by atoms with E-state index in [2.05, 4.69) is 0 Å². The number of fused-ring (bicyclic) bond motifs is 1. The molecule has 2 N–H and O–H groups in total. The molecule has 1 aliphatic heterocycles. The summed E-state index contributed by atoms with van der Waals surface area (Å²) in [6, 6.07) is 5.93. The standard InChI is InChI=1S/C14H16N2O2/c1-8-4-9(6-15)2-3-10(8)7-16-13(17)11-5-12(11)14(16)18/h2-4,11-12H,5-7,15H2,1H3. The van der Waals surface area contributed by atoms with Gasteiger partial charge in [-0.3, -0.25) is 14.5 Å². The molecule has 1 heterocycles. The summed E-state index contributed by atoms with van der Waals surface area (Å²) in [4.78, 5) is 25.2. The van der Waals surface area contributed by atoms with Gasteiger partial charge in [0.25, 0.3) is 0 Å². The van der Waals surface area contributed by atoms with Gasteiger partial charge in [0.2, 0.25) is 11.8 Å². The summed E-state index contributed by atoms with van der Waals surface area (Å²) < 4.78 is 0. The number of amides is 2. The second kappa shape index (κ2) is 3.92. The van der Waals surface area contributed by atoms with E-state index in [1.807, 2.05) is 25.1 Å². The first-order valence-electron chi connectivity index (χ1n) is 6.25. The number of imide groups is 1. The van der Waals surface area contributed by atoms with Crippen LogP contribution in [0.4, 0.5) is 0 Å². The van der Waals surface area contributed by atoms with Gasteiger partial charge in [-0.05, 0) is 30.0 Å². The second-order valence-corrected chi connectivity index (χ2v) is 5.18. The number of benzene rings is 1. The molecule has 4 heteroatoms. The van der Waals surface area contributed by atoms with Crippen LogP contribution in [0.3, 0.4) is 0 Å². The predicted octanol–water partition coefficient (Wildman–Crippen LogP) is 0.959. The van der Waals surface area contributed by atoms with Gasteiger partial charge < -0.3 is 5.73 Å². The van der Waals surface area contributed by atoms with E-state index < -0.39 is 0 Å². The highest BCUT2D eigenvalue weighted by atomic mass is 16.2. The third-order valence-corrected chi connectivity index (χ3v) is 3.93. The van der Waals surface area contributed by atoms with Gasteiger partial charge in [-0.1, -0.05) is 18.2 Å². The lowest BCUT2D eigenvalue weighted by molar-refractivity contribution is -0.142. The molecule has 1 saturated carbocycles. The summed E-state index contributed by atoms with van der Waals surface area (Å²) in [5.41, 5.74) is 8.76. The van der Waals surface area contributed by atoms with E-state index in [-0.39, 0.29) is 23.7 Å².